The van der Waals surface area contributed by atoms with Crippen molar-refractivity contribution < 1.29 is 52.7 Å². The molecule has 3 aromatic rings. The topological polar surface area (TPSA) is 179 Å². The summed E-state index contributed by atoms with van der Waals surface area (Å²) in [5.41, 5.74) is 1.15. The van der Waals surface area contributed by atoms with E-state index in [4.69, 9.17) is 40.6 Å². The van der Waals surface area contributed by atoms with Gasteiger partial charge in [-0.1, -0.05) is 30.3 Å². The third kappa shape index (κ3) is 7.94. The lowest BCUT2D eigenvalue weighted by Crippen LogP contribution is -2.60. The molecular formula is C30H32N4O11S. The summed E-state index contributed by atoms with van der Waals surface area (Å²) >= 11 is 5.80. The van der Waals surface area contributed by atoms with E-state index in [9.17, 15) is 24.3 Å². The predicted molar refractivity (Wildman–Crippen MR) is 161 cm³/mol. The summed E-state index contributed by atoms with van der Waals surface area (Å²) in [5, 5.41) is 19.2. The Balaban J connectivity index is 1.90. The van der Waals surface area contributed by atoms with Gasteiger partial charge >= 0.3 is 23.9 Å². The summed E-state index contributed by atoms with van der Waals surface area (Å²) in [7, 11) is 1.41. The van der Waals surface area contributed by atoms with E-state index >= 15 is 0 Å². The van der Waals surface area contributed by atoms with Gasteiger partial charge in [0.1, 0.15) is 12.7 Å². The van der Waals surface area contributed by atoms with E-state index < -0.39 is 61.1 Å². The van der Waals surface area contributed by atoms with Crippen molar-refractivity contribution in [1.82, 2.24) is 14.5 Å². The molecule has 2 aromatic carbocycles. The third-order valence-corrected chi connectivity index (χ3v) is 6.91. The SMILES string of the molecule is COc1cc(/C=N/n2c(-c3ccccc3)nn([C@H]3O[C@@H](COC(C)=O)[C@H](OC(C)=O)[C@@H](OC(C)=O)[C@@H]3OC(C)=O)c2=S)ccc1O. The molecule has 0 aliphatic carbocycles. The Hall–Kier alpha value is -5.09. The molecule has 244 valence electrons. The minimum absolute atomic E-state index is 0.0400. The monoisotopic (exact) mass is 656 g/mol. The molecule has 5 atom stereocenters. The number of phenolic OH excluding ortho intramolecular Hbond substituents is 1. The molecule has 46 heavy (non-hydrogen) atoms. The van der Waals surface area contributed by atoms with E-state index in [1.807, 2.05) is 6.07 Å². The van der Waals surface area contributed by atoms with Gasteiger partial charge in [0.2, 0.25) is 4.77 Å². The first kappa shape index (κ1) is 33.8. The van der Waals surface area contributed by atoms with E-state index in [0.29, 0.717) is 11.1 Å². The van der Waals surface area contributed by atoms with Crippen LogP contribution in [0, 0.1) is 4.77 Å². The second kappa shape index (κ2) is 14.8. The Labute approximate surface area is 268 Å². The van der Waals surface area contributed by atoms with Crippen molar-refractivity contribution in [2.24, 2.45) is 5.10 Å². The zero-order valence-electron chi connectivity index (χ0n) is 25.5. The van der Waals surface area contributed by atoms with Gasteiger partial charge in [0, 0.05) is 33.3 Å². The molecule has 0 unspecified atom stereocenters. The molecule has 1 aliphatic heterocycles. The summed E-state index contributed by atoms with van der Waals surface area (Å²) in [6.07, 6.45) is -5.36. The van der Waals surface area contributed by atoms with Crippen LogP contribution in [0.25, 0.3) is 11.4 Å². The van der Waals surface area contributed by atoms with Crippen molar-refractivity contribution >= 4 is 42.3 Å². The summed E-state index contributed by atoms with van der Waals surface area (Å²) in [6, 6.07) is 13.5. The Bertz CT molecular complexity index is 1690. The van der Waals surface area contributed by atoms with Gasteiger partial charge in [-0.15, -0.1) is 5.10 Å². The molecule has 1 saturated heterocycles. The molecule has 0 saturated carbocycles. The number of methoxy groups -OCH3 is 1. The van der Waals surface area contributed by atoms with Crippen LogP contribution in [-0.4, -0.2) is 87.8 Å². The highest BCUT2D eigenvalue weighted by Crippen LogP contribution is 2.36. The Kier molecular flexibility index (Phi) is 10.9. The van der Waals surface area contributed by atoms with E-state index in [2.05, 4.69) is 10.2 Å². The second-order valence-electron chi connectivity index (χ2n) is 9.99. The lowest BCUT2D eigenvalue weighted by Gasteiger charge is -2.44. The van der Waals surface area contributed by atoms with Crippen molar-refractivity contribution in [2.75, 3.05) is 13.7 Å². The van der Waals surface area contributed by atoms with Crippen LogP contribution in [-0.2, 0) is 42.9 Å². The van der Waals surface area contributed by atoms with Crippen molar-refractivity contribution in [3.8, 4) is 22.9 Å². The predicted octanol–water partition coefficient (Wildman–Crippen LogP) is 2.93. The quantitative estimate of drug-likeness (QED) is 0.146. The molecule has 1 aromatic heterocycles. The first-order valence-electron chi connectivity index (χ1n) is 13.9. The van der Waals surface area contributed by atoms with Crippen LogP contribution < -0.4 is 4.74 Å². The van der Waals surface area contributed by atoms with Crippen LogP contribution in [0.5, 0.6) is 11.5 Å². The highest BCUT2D eigenvalue weighted by molar-refractivity contribution is 7.71. The summed E-state index contributed by atoms with van der Waals surface area (Å²) < 4.78 is 35.7. The number of nitrogens with zero attached hydrogens (tertiary/aromatic N) is 4. The number of phenols is 1. The molecular weight excluding hydrogens is 624 g/mol. The highest BCUT2D eigenvalue weighted by atomic mass is 32.1. The van der Waals surface area contributed by atoms with Crippen LogP contribution in [0.3, 0.4) is 0 Å². The van der Waals surface area contributed by atoms with Crippen molar-refractivity contribution in [1.29, 1.82) is 0 Å². The highest BCUT2D eigenvalue weighted by Gasteiger charge is 2.53. The summed E-state index contributed by atoms with van der Waals surface area (Å²) in [5.74, 6) is -2.54. The maximum Gasteiger partial charge on any atom is 0.303 e. The fourth-order valence-electron chi connectivity index (χ4n) is 4.71. The number of aromatic nitrogens is 3. The van der Waals surface area contributed by atoms with Gasteiger partial charge in [0.05, 0.1) is 13.3 Å². The number of aromatic hydroxyl groups is 1. The van der Waals surface area contributed by atoms with Gasteiger partial charge in [-0.25, -0.2) is 4.68 Å². The lowest BCUT2D eigenvalue weighted by atomic mass is 9.97. The van der Waals surface area contributed by atoms with Crippen LogP contribution >= 0.6 is 12.2 Å². The number of carbonyl (C=O) groups is 4. The van der Waals surface area contributed by atoms with Crippen LogP contribution in [0.15, 0.2) is 53.6 Å². The number of hydrogen-bond acceptors (Lipinski definition) is 14. The normalized spacial score (nSPS) is 20.9. The summed E-state index contributed by atoms with van der Waals surface area (Å²) in [6.45, 7) is 4.15. The molecule has 1 aliphatic rings. The van der Waals surface area contributed by atoms with E-state index in [0.717, 1.165) is 20.8 Å². The molecule has 15 nitrogen and oxygen atoms in total. The zero-order valence-corrected chi connectivity index (χ0v) is 26.3. The fraction of sp³-hybridized carbons (Fsp3) is 0.367. The van der Waals surface area contributed by atoms with E-state index in [1.165, 1.54) is 35.7 Å². The van der Waals surface area contributed by atoms with Crippen molar-refractivity contribution in [2.45, 2.75) is 58.3 Å². The van der Waals surface area contributed by atoms with Crippen molar-refractivity contribution in [3.63, 3.8) is 0 Å². The third-order valence-electron chi connectivity index (χ3n) is 6.55. The van der Waals surface area contributed by atoms with Gasteiger partial charge in [0.25, 0.3) is 0 Å². The number of ether oxygens (including phenoxy) is 6. The minimum Gasteiger partial charge on any atom is -0.504 e. The number of benzene rings is 2. The van der Waals surface area contributed by atoms with Crippen LogP contribution in [0.4, 0.5) is 0 Å². The standard InChI is InChI=1S/C30H32N4O11S/c1-16(35)41-15-24-25(42-17(2)36)26(43-18(3)37)27(44-19(4)38)29(45-24)34-30(46)33(28(32-34)21-9-7-6-8-10-21)31-14-20-11-12-22(39)23(13-20)40-5/h6-14,24-27,29,39H,15H2,1-5H3/b31-14+/t24-,25-,26+,27-,29-/m0/s1. The molecule has 1 N–H and O–H groups in total. The van der Waals surface area contributed by atoms with Crippen LogP contribution in [0.2, 0.25) is 0 Å². The first-order chi connectivity index (χ1) is 21.9. The van der Waals surface area contributed by atoms with Gasteiger partial charge in [-0.2, -0.15) is 9.78 Å². The number of esters is 4. The molecule has 1 fully saturated rings. The molecule has 0 amide bonds. The largest absolute Gasteiger partial charge is 0.504 e. The molecule has 2 heterocycles. The number of hydrogen-bond donors (Lipinski definition) is 1. The fourth-order valence-corrected chi connectivity index (χ4v) is 4.99. The first-order valence-corrected chi connectivity index (χ1v) is 14.3. The molecule has 4 rings (SSSR count). The maximum absolute atomic E-state index is 12.4. The average Bonchev–Trinajstić information content (AvgIpc) is 3.33. The molecule has 0 bridgehead atoms. The molecule has 0 radical (unpaired) electrons. The summed E-state index contributed by atoms with van der Waals surface area (Å²) in [4.78, 5) is 48.5. The smallest absolute Gasteiger partial charge is 0.303 e. The van der Waals surface area contributed by atoms with Crippen LogP contribution in [0.1, 0.15) is 39.5 Å². The van der Waals surface area contributed by atoms with E-state index in [-0.39, 0.29) is 22.1 Å². The zero-order chi connectivity index (χ0) is 33.5. The van der Waals surface area contributed by atoms with Gasteiger partial charge in [-0.3, -0.25) is 19.2 Å². The minimum atomic E-state index is -1.44. The van der Waals surface area contributed by atoms with Gasteiger partial charge in [-0.05, 0) is 36.0 Å². The average molecular weight is 657 g/mol. The molecule has 16 heteroatoms. The van der Waals surface area contributed by atoms with Gasteiger partial charge < -0.3 is 33.5 Å². The van der Waals surface area contributed by atoms with E-state index in [1.54, 1.807) is 36.4 Å². The number of rotatable bonds is 10. The second-order valence-corrected chi connectivity index (χ2v) is 10.4. The Morgan fingerprint density at radius 3 is 2.17 bits per heavy atom. The van der Waals surface area contributed by atoms with Gasteiger partial charge in [0.15, 0.2) is 41.9 Å². The lowest BCUT2D eigenvalue weighted by molar-refractivity contribution is -0.270. The molecule has 0 spiro atoms. The Morgan fingerprint density at radius 1 is 0.935 bits per heavy atom. The van der Waals surface area contributed by atoms with Crippen molar-refractivity contribution in [3.05, 3.63) is 58.9 Å². The maximum atomic E-state index is 12.4. The number of carbonyl (C=O) groups excluding carboxylic acids is 4. The Morgan fingerprint density at radius 2 is 1.57 bits per heavy atom.